The molecule has 0 aliphatic rings. The van der Waals surface area contributed by atoms with Crippen molar-refractivity contribution in [1.82, 2.24) is 0 Å². The van der Waals surface area contributed by atoms with Crippen molar-refractivity contribution in [2.75, 3.05) is 45.4 Å². The maximum absolute atomic E-state index is 10.7. The molecular formula is C24H49F6NO6S3. The number of halogens is 6. The van der Waals surface area contributed by atoms with Gasteiger partial charge in [0.2, 0.25) is 0 Å². The highest BCUT2D eigenvalue weighted by Gasteiger charge is 2.37. The number of alkyl halides is 6. The summed E-state index contributed by atoms with van der Waals surface area (Å²) in [6.07, 6.45) is 25.1. The molecule has 40 heavy (non-hydrogen) atoms. The smallest absolute Gasteiger partial charge is 0.485 e. The molecule has 0 spiro atoms. The highest BCUT2D eigenvalue weighted by atomic mass is 32.2. The molecule has 0 amide bonds. The Bertz CT molecular complexity index is 776. The molecule has 0 aliphatic carbocycles. The van der Waals surface area contributed by atoms with E-state index in [-0.39, 0.29) is 0 Å². The van der Waals surface area contributed by atoms with Crippen LogP contribution in [0.2, 0.25) is 0 Å². The van der Waals surface area contributed by atoms with E-state index >= 15 is 0 Å². The van der Waals surface area contributed by atoms with Crippen molar-refractivity contribution in [3.63, 3.8) is 0 Å². The van der Waals surface area contributed by atoms with Gasteiger partial charge in [0.05, 0.1) is 33.2 Å². The van der Waals surface area contributed by atoms with Crippen molar-refractivity contribution in [1.29, 1.82) is 0 Å². The zero-order valence-corrected chi connectivity index (χ0v) is 26.9. The zero-order chi connectivity index (χ0) is 32.1. The molecule has 16 heteroatoms. The lowest BCUT2D eigenvalue weighted by Crippen LogP contribution is -2.43. The summed E-state index contributed by atoms with van der Waals surface area (Å²) in [4.78, 5) is 0. The normalized spacial score (nSPS) is 12.9. The van der Waals surface area contributed by atoms with Gasteiger partial charge in [-0.3, -0.25) is 0 Å². The monoisotopic (exact) mass is 657 g/mol. The Morgan fingerprint density at radius 3 is 1.05 bits per heavy atom. The summed E-state index contributed by atoms with van der Waals surface area (Å²) in [6, 6.07) is 0. The quantitative estimate of drug-likeness (QED) is 0.0414. The SMILES string of the molecule is CCCCCCCCCCCCCCCC[N+](C)(C)CC[S+](C)C.O=S(=O)([O-])C(F)(F)F.O=S(=O)([O-])C(F)(F)F. The molecule has 0 heterocycles. The topological polar surface area (TPSA) is 114 Å². The van der Waals surface area contributed by atoms with Crippen LogP contribution in [0.5, 0.6) is 0 Å². The van der Waals surface area contributed by atoms with Crippen molar-refractivity contribution >= 4 is 31.1 Å². The van der Waals surface area contributed by atoms with E-state index in [4.69, 9.17) is 25.9 Å². The summed E-state index contributed by atoms with van der Waals surface area (Å²) in [5.41, 5.74) is -11.3. The van der Waals surface area contributed by atoms with Crippen molar-refractivity contribution in [2.45, 2.75) is 108 Å². The maximum atomic E-state index is 10.7. The Hall–Kier alpha value is -0.290. The highest BCUT2D eigenvalue weighted by molar-refractivity contribution is 7.95. The number of unbranched alkanes of at least 4 members (excludes halogenated alkanes) is 13. The molecule has 0 fully saturated rings. The van der Waals surface area contributed by atoms with Gasteiger partial charge in [0, 0.05) is 0 Å². The summed E-state index contributed by atoms with van der Waals surface area (Å²) >= 11 is 0. The van der Waals surface area contributed by atoms with Crippen LogP contribution in [0.15, 0.2) is 0 Å². The Balaban J connectivity index is -0.000000694. The van der Waals surface area contributed by atoms with E-state index in [2.05, 4.69) is 33.5 Å². The largest absolute Gasteiger partial charge is 0.741 e. The molecule has 7 nitrogen and oxygen atoms in total. The maximum Gasteiger partial charge on any atom is 0.485 e. The second kappa shape index (κ2) is 22.3. The number of hydrogen-bond donors (Lipinski definition) is 0. The van der Waals surface area contributed by atoms with Crippen LogP contribution in [0.1, 0.15) is 96.8 Å². The minimum Gasteiger partial charge on any atom is -0.741 e. The van der Waals surface area contributed by atoms with Gasteiger partial charge < -0.3 is 13.6 Å². The van der Waals surface area contributed by atoms with Gasteiger partial charge in [0.1, 0.15) is 6.54 Å². The Morgan fingerprint density at radius 2 is 0.825 bits per heavy atom. The van der Waals surface area contributed by atoms with E-state index in [1.54, 1.807) is 0 Å². The van der Waals surface area contributed by atoms with Gasteiger partial charge in [-0.15, -0.1) is 0 Å². The van der Waals surface area contributed by atoms with Crippen LogP contribution in [0.4, 0.5) is 26.3 Å². The van der Waals surface area contributed by atoms with Crippen LogP contribution in [0, 0.1) is 0 Å². The number of rotatable bonds is 18. The van der Waals surface area contributed by atoms with Gasteiger partial charge in [0.15, 0.2) is 26.0 Å². The standard InChI is InChI=1S/C22H49NS.2CHF3O3S/c1-6-7-8-9-10-11-12-13-14-15-16-17-18-19-20-23(2,3)21-22-24(4)5;2*2-1(3,4)8(5,6)7/h6-22H2,1-5H3;2*(H,5,6,7)/q+2;;/p-2. The van der Waals surface area contributed by atoms with Gasteiger partial charge in [-0.1, -0.05) is 84.0 Å². The zero-order valence-electron chi connectivity index (χ0n) is 24.4. The summed E-state index contributed by atoms with van der Waals surface area (Å²) in [5, 5.41) is 0. The fraction of sp³-hybridized carbons (Fsp3) is 1.00. The van der Waals surface area contributed by atoms with E-state index in [9.17, 15) is 26.3 Å². The minimum absolute atomic E-state index is 0.604. The Labute approximate surface area is 240 Å². The average Bonchev–Trinajstić information content (AvgIpc) is 2.76. The minimum atomic E-state index is -6.09. The molecule has 0 aromatic heterocycles. The molecule has 0 saturated heterocycles. The predicted octanol–water partition coefficient (Wildman–Crippen LogP) is 6.52. The van der Waals surface area contributed by atoms with E-state index in [1.165, 1.54) is 113 Å². The first-order chi connectivity index (χ1) is 18.0. The van der Waals surface area contributed by atoms with E-state index < -0.39 is 31.3 Å². The highest BCUT2D eigenvalue weighted by Crippen LogP contribution is 2.21. The van der Waals surface area contributed by atoms with Crippen LogP contribution in [0.3, 0.4) is 0 Å². The lowest BCUT2D eigenvalue weighted by molar-refractivity contribution is -0.888. The molecule has 0 bridgehead atoms. The first-order valence-corrected chi connectivity index (χ1v) is 18.4. The van der Waals surface area contributed by atoms with E-state index in [0.29, 0.717) is 10.9 Å². The summed E-state index contributed by atoms with van der Waals surface area (Å²) in [5.74, 6) is 1.39. The Morgan fingerprint density at radius 1 is 0.575 bits per heavy atom. The van der Waals surface area contributed by atoms with Crippen LogP contribution in [0.25, 0.3) is 0 Å². The van der Waals surface area contributed by atoms with E-state index in [1.807, 2.05) is 0 Å². The van der Waals surface area contributed by atoms with Crippen LogP contribution >= 0.6 is 0 Å². The van der Waals surface area contributed by atoms with Gasteiger partial charge in [-0.2, -0.15) is 26.3 Å². The van der Waals surface area contributed by atoms with Gasteiger partial charge in [0.25, 0.3) is 0 Å². The second-order valence-corrected chi connectivity index (χ2v) is 15.6. The molecule has 0 atom stereocenters. The van der Waals surface area contributed by atoms with Crippen LogP contribution in [-0.4, -0.2) is 86.9 Å². The van der Waals surface area contributed by atoms with E-state index in [0.717, 1.165) is 0 Å². The molecule has 0 rings (SSSR count). The summed E-state index contributed by atoms with van der Waals surface area (Å²) < 4.78 is 119. The third kappa shape index (κ3) is 30.7. The number of nitrogens with zero attached hydrogens (tertiary/aromatic N) is 1. The van der Waals surface area contributed by atoms with Crippen LogP contribution in [-0.2, 0) is 31.1 Å². The number of quaternary nitrogens is 1. The summed E-state index contributed by atoms with van der Waals surface area (Å²) in [7, 11) is -6.75. The fourth-order valence-corrected chi connectivity index (χ4v) is 4.14. The second-order valence-electron chi connectivity index (χ2n) is 10.5. The third-order valence-electron chi connectivity index (χ3n) is 5.79. The van der Waals surface area contributed by atoms with Crippen molar-refractivity contribution in [2.24, 2.45) is 0 Å². The molecule has 0 saturated carbocycles. The molecule has 0 aromatic carbocycles. The molecule has 0 unspecified atom stereocenters. The molecular weight excluding hydrogens is 608 g/mol. The predicted molar refractivity (Wildman–Crippen MR) is 148 cm³/mol. The summed E-state index contributed by atoms with van der Waals surface area (Å²) in [6.45, 7) is 5.02. The van der Waals surface area contributed by atoms with Crippen LogP contribution < -0.4 is 0 Å². The molecule has 0 radical (unpaired) electrons. The van der Waals surface area contributed by atoms with Gasteiger partial charge in [-0.25, -0.2) is 16.8 Å². The molecule has 0 aromatic rings. The first kappa shape index (κ1) is 44.2. The first-order valence-electron chi connectivity index (χ1n) is 13.4. The Kier molecular flexibility index (Phi) is 24.6. The van der Waals surface area contributed by atoms with Gasteiger partial charge >= 0.3 is 11.0 Å². The van der Waals surface area contributed by atoms with Gasteiger partial charge in [-0.05, 0) is 23.7 Å². The van der Waals surface area contributed by atoms with Crippen molar-refractivity contribution in [3.05, 3.63) is 0 Å². The third-order valence-corrected chi connectivity index (χ3v) is 7.92. The number of hydrogen-bond acceptors (Lipinski definition) is 6. The fourth-order valence-electron chi connectivity index (χ4n) is 3.28. The van der Waals surface area contributed by atoms with Crippen molar-refractivity contribution < 1.29 is 56.8 Å². The molecule has 0 N–H and O–H groups in total. The van der Waals surface area contributed by atoms with Crippen molar-refractivity contribution in [3.8, 4) is 0 Å². The molecule has 0 aliphatic heterocycles. The molecule has 246 valence electrons. The average molecular weight is 658 g/mol. The lowest BCUT2D eigenvalue weighted by atomic mass is 10.0. The lowest BCUT2D eigenvalue weighted by Gasteiger charge is -2.28.